The number of carbonyl (C=O) groups excluding carboxylic acids is 2. The second-order valence-corrected chi connectivity index (χ2v) is 16.7. The second-order valence-electron chi connectivity index (χ2n) is 15.2. The third kappa shape index (κ3) is 43.1. The van der Waals surface area contributed by atoms with Crippen molar-refractivity contribution < 1.29 is 37.6 Å². The van der Waals surface area contributed by atoms with Crippen LogP contribution in [0, 0.1) is 0 Å². The predicted octanol–water partition coefficient (Wildman–Crippen LogP) is 13.1. The average molecular weight is 822 g/mol. The van der Waals surface area contributed by atoms with Crippen molar-refractivity contribution >= 4 is 19.8 Å². The zero-order valence-electron chi connectivity index (χ0n) is 36.8. The molecule has 0 bridgehead atoms. The van der Waals surface area contributed by atoms with Crippen LogP contribution in [0.3, 0.4) is 0 Å². The number of hydrogen-bond donors (Lipinski definition) is 1. The largest absolute Gasteiger partial charge is 0.472 e. The maximum Gasteiger partial charge on any atom is 0.472 e. The van der Waals surface area contributed by atoms with Crippen molar-refractivity contribution in [1.82, 2.24) is 4.90 Å². The second kappa shape index (κ2) is 41.9. The van der Waals surface area contributed by atoms with Gasteiger partial charge in [0.15, 0.2) is 6.10 Å². The fourth-order valence-electron chi connectivity index (χ4n) is 5.78. The first kappa shape index (κ1) is 54.7. The summed E-state index contributed by atoms with van der Waals surface area (Å²) in [5, 5.41) is 0. The topological polar surface area (TPSA) is 112 Å². The number of carbonyl (C=O) groups is 2. The average Bonchev–Trinajstić information content (AvgIpc) is 3.18. The number of hydrogen-bond acceptors (Lipinski definition) is 8. The molecule has 0 spiro atoms. The quantitative estimate of drug-likeness (QED) is 0.0279. The van der Waals surface area contributed by atoms with Crippen LogP contribution in [0.1, 0.15) is 181 Å². The molecule has 0 aromatic heterocycles. The lowest BCUT2D eigenvalue weighted by molar-refractivity contribution is -0.161. The lowest BCUT2D eigenvalue weighted by Crippen LogP contribution is -2.29. The first-order valence-corrected chi connectivity index (χ1v) is 24.1. The molecular formula is C47H84NO8P. The zero-order chi connectivity index (χ0) is 41.9. The van der Waals surface area contributed by atoms with Crippen LogP contribution in [0.2, 0.25) is 0 Å². The molecule has 0 saturated carbocycles. The lowest BCUT2D eigenvalue weighted by Gasteiger charge is -2.20. The van der Waals surface area contributed by atoms with E-state index >= 15 is 0 Å². The van der Waals surface area contributed by atoms with Gasteiger partial charge in [0, 0.05) is 19.4 Å². The van der Waals surface area contributed by atoms with Gasteiger partial charge in [0.05, 0.1) is 13.2 Å². The van der Waals surface area contributed by atoms with Gasteiger partial charge in [-0.1, -0.05) is 145 Å². The van der Waals surface area contributed by atoms with E-state index < -0.39 is 26.5 Å². The van der Waals surface area contributed by atoms with E-state index in [1.165, 1.54) is 70.6 Å². The Morgan fingerprint density at radius 3 is 1.40 bits per heavy atom. The van der Waals surface area contributed by atoms with Crippen molar-refractivity contribution in [2.24, 2.45) is 0 Å². The molecule has 0 aliphatic heterocycles. The Morgan fingerprint density at radius 2 is 0.947 bits per heavy atom. The highest BCUT2D eigenvalue weighted by Gasteiger charge is 2.26. The van der Waals surface area contributed by atoms with Crippen molar-refractivity contribution in [2.45, 2.75) is 187 Å². The SMILES string of the molecule is CCCCC/C=C\C/C=C\C/C=C\CCCCCCC(=O)OC(COC(=O)CCCCCCCCC/C=C\C/C=C\CCCCC)COP(=O)(O)OCCN(C)C. The molecular weight excluding hydrogens is 737 g/mol. The minimum Gasteiger partial charge on any atom is -0.462 e. The van der Waals surface area contributed by atoms with Crippen LogP contribution >= 0.6 is 7.82 Å². The van der Waals surface area contributed by atoms with Crippen LogP contribution in [0.25, 0.3) is 0 Å². The Morgan fingerprint density at radius 1 is 0.544 bits per heavy atom. The summed E-state index contributed by atoms with van der Waals surface area (Å²) >= 11 is 0. The van der Waals surface area contributed by atoms with Crippen LogP contribution < -0.4 is 0 Å². The van der Waals surface area contributed by atoms with Gasteiger partial charge in [-0.3, -0.25) is 18.6 Å². The summed E-state index contributed by atoms with van der Waals surface area (Å²) in [4.78, 5) is 37.1. The molecule has 9 nitrogen and oxygen atoms in total. The first-order chi connectivity index (χ1) is 27.7. The maximum atomic E-state index is 12.7. The number of allylic oxidation sites excluding steroid dienone is 10. The Bertz CT molecular complexity index is 1130. The molecule has 0 fully saturated rings. The minimum absolute atomic E-state index is 0.00110. The molecule has 0 amide bonds. The first-order valence-electron chi connectivity index (χ1n) is 22.6. The van der Waals surface area contributed by atoms with Crippen molar-refractivity contribution in [3.8, 4) is 0 Å². The van der Waals surface area contributed by atoms with Crippen molar-refractivity contribution in [3.63, 3.8) is 0 Å². The molecule has 0 radical (unpaired) electrons. The lowest BCUT2D eigenvalue weighted by atomic mass is 10.1. The highest BCUT2D eigenvalue weighted by atomic mass is 31.2. The molecule has 57 heavy (non-hydrogen) atoms. The predicted molar refractivity (Wildman–Crippen MR) is 238 cm³/mol. The number of nitrogens with zero attached hydrogens (tertiary/aromatic N) is 1. The fourth-order valence-corrected chi connectivity index (χ4v) is 6.52. The number of likely N-dealkylation sites (N-methyl/N-ethyl adjacent to an activating group) is 1. The third-order valence-electron chi connectivity index (χ3n) is 9.30. The minimum atomic E-state index is -4.37. The monoisotopic (exact) mass is 822 g/mol. The molecule has 0 aromatic carbocycles. The van der Waals surface area contributed by atoms with Gasteiger partial charge in [-0.15, -0.1) is 0 Å². The molecule has 0 saturated heterocycles. The number of rotatable bonds is 41. The molecule has 2 atom stereocenters. The summed E-state index contributed by atoms with van der Waals surface area (Å²) in [5.41, 5.74) is 0. The third-order valence-corrected chi connectivity index (χ3v) is 10.3. The number of unbranched alkanes of at least 4 members (excludes halogenated alkanes) is 17. The Balaban J connectivity index is 4.34. The Kier molecular flexibility index (Phi) is 40.2. The van der Waals surface area contributed by atoms with Gasteiger partial charge in [0.1, 0.15) is 6.61 Å². The molecule has 0 rings (SSSR count). The van der Waals surface area contributed by atoms with Crippen molar-refractivity contribution in [2.75, 3.05) is 40.5 Å². The highest BCUT2D eigenvalue weighted by molar-refractivity contribution is 7.47. The highest BCUT2D eigenvalue weighted by Crippen LogP contribution is 2.43. The summed E-state index contributed by atoms with van der Waals surface area (Å²) in [6, 6.07) is 0. The number of esters is 2. The standard InChI is InChI=1S/C47H84NO8P/c1-5-7-9-11-13-15-17-19-21-23-25-27-29-31-33-35-37-39-46(49)53-43-45(44-55-57(51,52)54-42-41-48(3)4)56-47(50)40-38-36-34-32-30-28-26-24-22-20-18-16-14-12-10-8-6-2/h13-16,19-22,26,28,45H,5-12,17-18,23-25,27,29-44H2,1-4H3,(H,51,52)/b15-13-,16-14-,21-19-,22-20-,28-26-. The molecule has 0 aliphatic rings. The molecule has 10 heteroatoms. The number of phosphoric acid groups is 1. The fraction of sp³-hybridized carbons (Fsp3) is 0.745. The van der Waals surface area contributed by atoms with Gasteiger partial charge in [0.25, 0.3) is 0 Å². The summed E-state index contributed by atoms with van der Waals surface area (Å²) in [7, 11) is -0.734. The molecule has 0 aromatic rings. The van der Waals surface area contributed by atoms with E-state index in [1.807, 2.05) is 19.0 Å². The molecule has 0 aliphatic carbocycles. The summed E-state index contributed by atoms with van der Waals surface area (Å²) < 4.78 is 33.5. The van der Waals surface area contributed by atoms with Gasteiger partial charge in [-0.05, 0) is 97.6 Å². The summed E-state index contributed by atoms with van der Waals surface area (Å²) in [6.45, 7) is 4.23. The molecule has 1 N–H and O–H groups in total. The smallest absolute Gasteiger partial charge is 0.462 e. The number of phosphoric ester groups is 1. The van der Waals surface area contributed by atoms with E-state index in [0.29, 0.717) is 13.0 Å². The normalized spacial score (nSPS) is 13.9. The van der Waals surface area contributed by atoms with Crippen LogP contribution in [0.5, 0.6) is 0 Å². The van der Waals surface area contributed by atoms with Gasteiger partial charge >= 0.3 is 19.8 Å². The van der Waals surface area contributed by atoms with E-state index in [4.69, 9.17) is 18.5 Å². The molecule has 330 valence electrons. The van der Waals surface area contributed by atoms with Crippen molar-refractivity contribution in [3.05, 3.63) is 60.8 Å². The maximum absolute atomic E-state index is 12.7. The number of ether oxygens (including phenoxy) is 2. The van der Waals surface area contributed by atoms with E-state index in [9.17, 15) is 19.0 Å². The summed E-state index contributed by atoms with van der Waals surface area (Å²) in [5.74, 6) is -0.840. The molecule has 0 heterocycles. The van der Waals surface area contributed by atoms with Gasteiger partial charge in [0.2, 0.25) is 0 Å². The zero-order valence-corrected chi connectivity index (χ0v) is 37.7. The van der Waals surface area contributed by atoms with Crippen LogP contribution in [0.4, 0.5) is 0 Å². The van der Waals surface area contributed by atoms with Crippen LogP contribution in [-0.4, -0.2) is 68.3 Å². The van der Waals surface area contributed by atoms with Gasteiger partial charge in [-0.2, -0.15) is 0 Å². The van der Waals surface area contributed by atoms with Crippen LogP contribution in [0.15, 0.2) is 60.8 Å². The Hall–Kier alpha value is -2.29. The molecule has 2 unspecified atom stereocenters. The van der Waals surface area contributed by atoms with Gasteiger partial charge in [-0.25, -0.2) is 4.57 Å². The van der Waals surface area contributed by atoms with E-state index in [0.717, 1.165) is 77.0 Å². The van der Waals surface area contributed by atoms with Crippen LogP contribution in [-0.2, 0) is 32.7 Å². The van der Waals surface area contributed by atoms with E-state index in [1.54, 1.807) is 0 Å². The van der Waals surface area contributed by atoms with E-state index in [2.05, 4.69) is 74.6 Å². The summed E-state index contributed by atoms with van der Waals surface area (Å²) in [6.07, 6.45) is 48.3. The van der Waals surface area contributed by atoms with Crippen molar-refractivity contribution in [1.29, 1.82) is 0 Å². The van der Waals surface area contributed by atoms with Gasteiger partial charge < -0.3 is 19.3 Å². The Labute approximate surface area is 349 Å². The van der Waals surface area contributed by atoms with E-state index in [-0.39, 0.29) is 32.0 Å².